The Hall–Kier alpha value is 1.02. The zero-order chi connectivity index (χ0) is 17.2. The van der Waals surface area contributed by atoms with Gasteiger partial charge in [-0.05, 0) is 0 Å². The van der Waals surface area contributed by atoms with Gasteiger partial charge in [0.1, 0.15) is 0 Å². The average Bonchev–Trinajstić information content (AvgIpc) is 2.55. The van der Waals surface area contributed by atoms with Crippen LogP contribution >= 0.6 is 0 Å². The van der Waals surface area contributed by atoms with E-state index in [0.29, 0.717) is 0 Å². The normalized spacial score (nSPS) is 11.0. The molecule has 136 valence electrons. The Labute approximate surface area is 157 Å². The zero-order valence-electron chi connectivity index (χ0n) is 16.9. The number of rotatable bonds is 18. The lowest BCUT2D eigenvalue weighted by Gasteiger charge is -2.20. The van der Waals surface area contributed by atoms with Gasteiger partial charge in [0.2, 0.25) is 0 Å². The van der Waals surface area contributed by atoms with Gasteiger partial charge in [-0.2, -0.15) is 0 Å². The molecule has 23 heavy (non-hydrogen) atoms. The molecule has 0 aromatic heterocycles. The predicted octanol–water partition coefficient (Wildman–Crippen LogP) is 7.75. The quantitative estimate of drug-likeness (QED) is 0.181. The summed E-state index contributed by atoms with van der Waals surface area (Å²) in [6.45, 7) is 9.28. The van der Waals surface area contributed by atoms with E-state index in [-0.39, 0.29) is 0 Å². The lowest BCUT2D eigenvalue weighted by Crippen LogP contribution is -2.29. The van der Waals surface area contributed by atoms with Gasteiger partial charge in [0.25, 0.3) is 0 Å². The average molecular weight is 355 g/mol. The second-order valence-electron chi connectivity index (χ2n) is 7.36. The van der Waals surface area contributed by atoms with Crippen molar-refractivity contribution >= 4 is 29.0 Å². The molecule has 1 nitrogen and oxygen atoms in total. The molecule has 0 atom stereocenters. The molecule has 0 aromatic rings. The van der Waals surface area contributed by atoms with E-state index in [1.807, 2.05) is 0 Å². The molecular weight excluding hydrogens is 310 g/mol. The van der Waals surface area contributed by atoms with Crippen molar-refractivity contribution in [1.82, 2.24) is 0 Å². The lowest BCUT2D eigenvalue weighted by atomic mass is 10.3. The first-order valence-electron chi connectivity index (χ1n) is 10.9. The minimum absolute atomic E-state index is 0.896. The Morgan fingerprint density at radius 3 is 0.913 bits per heavy atom. The summed E-state index contributed by atoms with van der Waals surface area (Å²) in [6, 6.07) is 0. The summed E-state index contributed by atoms with van der Waals surface area (Å²) in [6.07, 6.45) is 16.8. The predicted molar refractivity (Wildman–Crippen MR) is 110 cm³/mol. The molecule has 0 heterocycles. The summed E-state index contributed by atoms with van der Waals surface area (Å²) < 4.78 is 6.91. The molecule has 0 saturated heterocycles. The maximum atomic E-state index is 6.91. The maximum Gasteiger partial charge on any atom is 0.430 e. The molecule has 0 aliphatic heterocycles. The number of hydrogen-bond acceptors (Lipinski definition) is 1. The van der Waals surface area contributed by atoms with Crippen LogP contribution < -0.4 is 0 Å². The van der Waals surface area contributed by atoms with Crippen LogP contribution in [0.15, 0.2) is 0 Å². The van der Waals surface area contributed by atoms with Gasteiger partial charge in [-0.25, -0.2) is 0 Å². The molecular formula is C20H44Al2O. The topological polar surface area (TPSA) is 9.23 Å². The highest BCUT2D eigenvalue weighted by molar-refractivity contribution is 6.66. The number of hydrogen-bond donors (Lipinski definition) is 0. The summed E-state index contributed by atoms with van der Waals surface area (Å²) in [5.41, 5.74) is 0. The van der Waals surface area contributed by atoms with Crippen LogP contribution in [-0.2, 0) is 2.84 Å². The molecule has 0 fully saturated rings. The summed E-state index contributed by atoms with van der Waals surface area (Å²) in [5, 5.41) is 5.84. The molecule has 0 amide bonds. The Morgan fingerprint density at radius 1 is 0.435 bits per heavy atom. The molecule has 3 heteroatoms. The molecule has 0 radical (unpaired) electrons. The maximum absolute atomic E-state index is 6.91. The van der Waals surface area contributed by atoms with E-state index in [9.17, 15) is 0 Å². The third-order valence-electron chi connectivity index (χ3n) is 4.90. The van der Waals surface area contributed by atoms with Crippen LogP contribution in [0.4, 0.5) is 0 Å². The molecule has 0 unspecified atom stereocenters. The van der Waals surface area contributed by atoms with E-state index in [4.69, 9.17) is 2.84 Å². The largest absolute Gasteiger partial charge is 0.636 e. The van der Waals surface area contributed by atoms with Crippen molar-refractivity contribution in [3.63, 3.8) is 0 Å². The lowest BCUT2D eigenvalue weighted by molar-refractivity contribution is 0.542. The minimum atomic E-state index is -0.896. The highest BCUT2D eigenvalue weighted by Crippen LogP contribution is 2.19. The van der Waals surface area contributed by atoms with Crippen molar-refractivity contribution in [2.75, 3.05) is 0 Å². The standard InChI is InChI=1S/4C5H11.2Al.O/c4*1-3-5-4-2;;;/h4*1,3-5H2,2H3;;;. The van der Waals surface area contributed by atoms with Gasteiger partial charge in [0, 0.05) is 0 Å². The molecule has 0 aliphatic rings. The first-order chi connectivity index (χ1) is 11.3. The molecule has 0 aliphatic carbocycles. The Morgan fingerprint density at radius 2 is 0.696 bits per heavy atom. The van der Waals surface area contributed by atoms with Crippen molar-refractivity contribution in [3.05, 3.63) is 0 Å². The fraction of sp³-hybridized carbons (Fsp3) is 1.00. The summed E-state index contributed by atoms with van der Waals surface area (Å²) in [7, 11) is 0. The highest BCUT2D eigenvalue weighted by atomic mass is 27.3. The molecule has 0 saturated carbocycles. The molecule has 0 spiro atoms. The minimum Gasteiger partial charge on any atom is -0.636 e. The fourth-order valence-electron chi connectivity index (χ4n) is 3.32. The Balaban J connectivity index is 4.31. The first kappa shape index (κ1) is 24.0. The van der Waals surface area contributed by atoms with Crippen LogP contribution in [0, 0.1) is 0 Å². The second kappa shape index (κ2) is 19.4. The fourth-order valence-corrected chi connectivity index (χ4v) is 11.2. The van der Waals surface area contributed by atoms with E-state index < -0.39 is 29.0 Å². The van der Waals surface area contributed by atoms with Crippen molar-refractivity contribution in [3.8, 4) is 0 Å². The van der Waals surface area contributed by atoms with Crippen LogP contribution in [0.3, 0.4) is 0 Å². The van der Waals surface area contributed by atoms with E-state index in [1.165, 1.54) is 98.2 Å². The third kappa shape index (κ3) is 16.3. The molecule has 0 aromatic carbocycles. The van der Waals surface area contributed by atoms with Crippen LogP contribution in [-0.4, -0.2) is 29.0 Å². The summed E-state index contributed by atoms with van der Waals surface area (Å²) >= 11 is -1.79. The van der Waals surface area contributed by atoms with Gasteiger partial charge in [-0.1, -0.05) is 126 Å². The van der Waals surface area contributed by atoms with Gasteiger partial charge in [-0.15, -0.1) is 0 Å². The smallest absolute Gasteiger partial charge is 0.430 e. The van der Waals surface area contributed by atoms with E-state index in [0.717, 1.165) is 0 Å². The summed E-state index contributed by atoms with van der Waals surface area (Å²) in [4.78, 5) is 0. The Bertz CT molecular complexity index is 182. The van der Waals surface area contributed by atoms with Gasteiger partial charge in [-0.3, -0.25) is 0 Å². The second-order valence-corrected chi connectivity index (χ2v) is 13.2. The van der Waals surface area contributed by atoms with E-state index in [1.54, 1.807) is 0 Å². The van der Waals surface area contributed by atoms with Gasteiger partial charge in [0.15, 0.2) is 0 Å². The van der Waals surface area contributed by atoms with E-state index >= 15 is 0 Å². The third-order valence-corrected chi connectivity index (χ3v) is 12.2. The monoisotopic (exact) mass is 354 g/mol. The molecule has 0 bridgehead atoms. The van der Waals surface area contributed by atoms with Gasteiger partial charge in [0.05, 0.1) is 0 Å². The molecule has 0 rings (SSSR count). The summed E-state index contributed by atoms with van der Waals surface area (Å²) in [5.74, 6) is 0. The van der Waals surface area contributed by atoms with Crippen LogP contribution in [0.1, 0.15) is 105 Å². The molecule has 0 N–H and O–H groups in total. The van der Waals surface area contributed by atoms with Crippen molar-refractivity contribution < 1.29 is 2.84 Å². The zero-order valence-corrected chi connectivity index (χ0v) is 19.2. The van der Waals surface area contributed by atoms with Gasteiger partial charge < -0.3 is 2.84 Å². The van der Waals surface area contributed by atoms with Crippen molar-refractivity contribution in [2.24, 2.45) is 0 Å². The number of unbranched alkanes of at least 4 members (excludes halogenated alkanes) is 8. The first-order valence-corrected chi connectivity index (χ1v) is 15.1. The van der Waals surface area contributed by atoms with Gasteiger partial charge >= 0.3 is 29.0 Å². The van der Waals surface area contributed by atoms with Crippen LogP contribution in [0.2, 0.25) is 21.1 Å². The SMILES string of the molecule is CCCC[CH2][Al]([CH2]CCCC)[O][Al]([CH2]CCCC)[CH2]CCCC. The van der Waals surface area contributed by atoms with Crippen molar-refractivity contribution in [1.29, 1.82) is 0 Å². The van der Waals surface area contributed by atoms with Crippen molar-refractivity contribution in [2.45, 2.75) is 126 Å². The Kier molecular flexibility index (Phi) is 20.2. The highest BCUT2D eigenvalue weighted by Gasteiger charge is 2.27. The van der Waals surface area contributed by atoms with E-state index in [2.05, 4.69) is 27.7 Å². The van der Waals surface area contributed by atoms with Crippen LogP contribution in [0.25, 0.3) is 0 Å². The van der Waals surface area contributed by atoms with Crippen LogP contribution in [0.5, 0.6) is 0 Å².